The second-order valence-electron chi connectivity index (χ2n) is 4.69. The minimum absolute atomic E-state index is 0.741. The fourth-order valence-electron chi connectivity index (χ4n) is 2.38. The van der Waals surface area contributed by atoms with Gasteiger partial charge in [0.1, 0.15) is 0 Å². The topological polar surface area (TPSA) is 59.0 Å². The highest BCUT2D eigenvalue weighted by atomic mass is 16.5. The van der Waals surface area contributed by atoms with Crippen LogP contribution in [0, 0.1) is 0 Å². The van der Waals surface area contributed by atoms with Gasteiger partial charge < -0.3 is 14.6 Å². The minimum Gasteiger partial charge on any atom is -0.465 e. The Kier molecular flexibility index (Phi) is 5.52. The van der Waals surface area contributed by atoms with E-state index in [-0.39, 0.29) is 0 Å². The number of carbonyl (C=O) groups is 1. The lowest BCUT2D eigenvalue weighted by Crippen LogP contribution is -2.39. The molecule has 0 aliphatic rings. The summed E-state index contributed by atoms with van der Waals surface area (Å²) < 4.78 is 10.9. The number of hydrogen-bond acceptors (Lipinski definition) is 3. The summed E-state index contributed by atoms with van der Waals surface area (Å²) in [4.78, 5) is 13.0. The van der Waals surface area contributed by atoms with Gasteiger partial charge in [-0.1, -0.05) is 60.7 Å². The van der Waals surface area contributed by atoms with E-state index in [0.717, 1.165) is 16.0 Å². The average Bonchev–Trinajstić information content (AvgIpc) is 2.56. The molecule has 0 heterocycles. The number of ether oxygens (including phenoxy) is 2. The summed E-state index contributed by atoms with van der Waals surface area (Å²) in [6.07, 6.45) is -2.64. The third-order valence-electron chi connectivity index (χ3n) is 3.34. The summed E-state index contributed by atoms with van der Waals surface area (Å²) in [5, 5.41) is 9.66. The first-order valence-electron chi connectivity index (χ1n) is 6.85. The van der Waals surface area contributed by atoms with Crippen LogP contribution in [0.3, 0.4) is 0 Å². The van der Waals surface area contributed by atoms with Gasteiger partial charge in [0.05, 0.1) is 0 Å². The van der Waals surface area contributed by atoms with E-state index in [1.165, 1.54) is 14.2 Å². The summed E-state index contributed by atoms with van der Waals surface area (Å²) in [7, 11) is 2.96. The first-order chi connectivity index (χ1) is 10.7. The van der Waals surface area contributed by atoms with Crippen LogP contribution in [0.25, 0.3) is 0 Å². The molecule has 0 spiro atoms. The fraction of sp³-hybridized carbons (Fsp3) is 0.235. The number of carboxylic acid groups (broad SMARTS) is 1. The Bertz CT molecular complexity index is 541. The lowest BCUT2D eigenvalue weighted by atomic mass is 10.1. The van der Waals surface area contributed by atoms with Crippen molar-refractivity contribution in [3.05, 3.63) is 71.8 Å². The Morgan fingerprint density at radius 3 is 1.50 bits per heavy atom. The van der Waals surface area contributed by atoms with E-state index >= 15 is 0 Å². The lowest BCUT2D eigenvalue weighted by molar-refractivity contribution is -0.118. The molecule has 1 N–H and O–H groups in total. The van der Waals surface area contributed by atoms with Crippen LogP contribution in [-0.2, 0) is 9.47 Å². The number of hydrogen-bond donors (Lipinski definition) is 1. The summed E-state index contributed by atoms with van der Waals surface area (Å²) in [5.41, 5.74) is 1.48. The van der Waals surface area contributed by atoms with Crippen LogP contribution in [-0.4, -0.2) is 30.3 Å². The smallest absolute Gasteiger partial charge is 0.412 e. The second kappa shape index (κ2) is 7.59. The third-order valence-corrected chi connectivity index (χ3v) is 3.34. The van der Waals surface area contributed by atoms with Crippen LogP contribution in [0.1, 0.15) is 23.6 Å². The first kappa shape index (κ1) is 16.0. The molecule has 0 fully saturated rings. The molecule has 0 aliphatic heterocycles. The van der Waals surface area contributed by atoms with Crippen molar-refractivity contribution in [2.24, 2.45) is 0 Å². The molecule has 0 saturated carbocycles. The molecule has 116 valence electrons. The van der Waals surface area contributed by atoms with Gasteiger partial charge in [-0.05, 0) is 0 Å². The van der Waals surface area contributed by atoms with Crippen molar-refractivity contribution in [1.82, 2.24) is 4.90 Å². The van der Waals surface area contributed by atoms with Crippen LogP contribution in [0.15, 0.2) is 60.7 Å². The molecule has 1 amide bonds. The van der Waals surface area contributed by atoms with E-state index < -0.39 is 18.5 Å². The molecule has 5 nitrogen and oxygen atoms in total. The van der Waals surface area contributed by atoms with Crippen molar-refractivity contribution in [1.29, 1.82) is 0 Å². The summed E-state index contributed by atoms with van der Waals surface area (Å²) in [5.74, 6) is 0. The normalized spacial score (nSPS) is 13.4. The van der Waals surface area contributed by atoms with E-state index in [1.807, 2.05) is 60.7 Å². The number of benzene rings is 2. The van der Waals surface area contributed by atoms with Crippen molar-refractivity contribution in [3.63, 3.8) is 0 Å². The van der Waals surface area contributed by atoms with Crippen molar-refractivity contribution >= 4 is 6.09 Å². The molecular formula is C17H19NO4. The standard InChI is InChI=1S/C17H19NO4/c1-21-15(13-9-5-3-6-10-13)18(17(19)20)16(22-2)14-11-7-4-8-12-14/h3-12,15-16H,1-2H3,(H,19,20). The average molecular weight is 301 g/mol. The molecule has 0 bridgehead atoms. The van der Waals surface area contributed by atoms with E-state index in [0.29, 0.717) is 0 Å². The van der Waals surface area contributed by atoms with Gasteiger partial charge in [0.15, 0.2) is 12.5 Å². The maximum Gasteiger partial charge on any atom is 0.412 e. The van der Waals surface area contributed by atoms with Gasteiger partial charge in [-0.2, -0.15) is 0 Å². The number of amides is 1. The quantitative estimate of drug-likeness (QED) is 0.827. The Balaban J connectivity index is 2.41. The zero-order valence-electron chi connectivity index (χ0n) is 12.5. The number of nitrogens with zero attached hydrogens (tertiary/aromatic N) is 1. The van der Waals surface area contributed by atoms with Gasteiger partial charge in [-0.15, -0.1) is 0 Å². The fourth-order valence-corrected chi connectivity index (χ4v) is 2.38. The van der Waals surface area contributed by atoms with Gasteiger partial charge >= 0.3 is 6.09 Å². The zero-order chi connectivity index (χ0) is 15.9. The lowest BCUT2D eigenvalue weighted by Gasteiger charge is -2.34. The Hall–Kier alpha value is -2.37. The van der Waals surface area contributed by atoms with E-state index in [1.54, 1.807) is 0 Å². The van der Waals surface area contributed by atoms with Crippen LogP contribution in [0.2, 0.25) is 0 Å². The molecular weight excluding hydrogens is 282 g/mol. The molecule has 0 saturated heterocycles. The van der Waals surface area contributed by atoms with Gasteiger partial charge in [0.25, 0.3) is 0 Å². The molecule has 2 atom stereocenters. The first-order valence-corrected chi connectivity index (χ1v) is 6.85. The van der Waals surface area contributed by atoms with Crippen molar-refractivity contribution in [2.75, 3.05) is 14.2 Å². The second-order valence-corrected chi connectivity index (χ2v) is 4.69. The summed E-state index contributed by atoms with van der Waals surface area (Å²) in [6.45, 7) is 0. The van der Waals surface area contributed by atoms with Crippen molar-refractivity contribution in [2.45, 2.75) is 12.5 Å². The third kappa shape index (κ3) is 3.44. The predicted molar refractivity (Wildman–Crippen MR) is 82.2 cm³/mol. The Labute approximate surface area is 129 Å². The van der Waals surface area contributed by atoms with Crippen LogP contribution in [0.4, 0.5) is 4.79 Å². The highest BCUT2D eigenvalue weighted by Crippen LogP contribution is 2.31. The van der Waals surface area contributed by atoms with Crippen LogP contribution in [0.5, 0.6) is 0 Å². The Morgan fingerprint density at radius 2 is 1.23 bits per heavy atom. The Morgan fingerprint density at radius 1 is 0.864 bits per heavy atom. The summed E-state index contributed by atoms with van der Waals surface area (Å²) in [6, 6.07) is 18.4. The highest BCUT2D eigenvalue weighted by Gasteiger charge is 2.33. The number of methoxy groups -OCH3 is 2. The minimum atomic E-state index is -1.12. The van der Waals surface area contributed by atoms with Crippen LogP contribution >= 0.6 is 0 Å². The van der Waals surface area contributed by atoms with Gasteiger partial charge in [-0.3, -0.25) is 0 Å². The van der Waals surface area contributed by atoms with E-state index in [9.17, 15) is 9.90 Å². The summed E-state index contributed by atoms with van der Waals surface area (Å²) >= 11 is 0. The van der Waals surface area contributed by atoms with Gasteiger partial charge in [-0.25, -0.2) is 9.69 Å². The molecule has 2 unspecified atom stereocenters. The maximum atomic E-state index is 11.8. The molecule has 0 aromatic heterocycles. The molecule has 22 heavy (non-hydrogen) atoms. The van der Waals surface area contributed by atoms with Crippen molar-refractivity contribution < 1.29 is 19.4 Å². The molecule has 5 heteroatoms. The molecule has 0 aliphatic carbocycles. The SMILES string of the molecule is COC(c1ccccc1)N(C(=O)O)C(OC)c1ccccc1. The zero-order valence-corrected chi connectivity index (χ0v) is 12.5. The van der Waals surface area contributed by atoms with Gasteiger partial charge in [0.2, 0.25) is 0 Å². The monoisotopic (exact) mass is 301 g/mol. The van der Waals surface area contributed by atoms with E-state index in [4.69, 9.17) is 9.47 Å². The molecule has 0 radical (unpaired) electrons. The van der Waals surface area contributed by atoms with Gasteiger partial charge in [0, 0.05) is 25.3 Å². The van der Waals surface area contributed by atoms with E-state index in [2.05, 4.69) is 0 Å². The van der Waals surface area contributed by atoms with Crippen molar-refractivity contribution in [3.8, 4) is 0 Å². The molecule has 2 aromatic carbocycles. The highest BCUT2D eigenvalue weighted by molar-refractivity contribution is 5.66. The number of rotatable bonds is 6. The molecule has 2 aromatic rings. The predicted octanol–water partition coefficient (Wildman–Crippen LogP) is 3.66. The largest absolute Gasteiger partial charge is 0.465 e. The maximum absolute atomic E-state index is 11.8. The molecule has 2 rings (SSSR count). The van der Waals surface area contributed by atoms with Crippen LogP contribution < -0.4 is 0 Å².